The van der Waals surface area contributed by atoms with Crippen LogP contribution in [0.15, 0.2) is 48.5 Å². The number of amides is 2. The third-order valence-corrected chi connectivity index (χ3v) is 8.25. The van der Waals surface area contributed by atoms with Crippen molar-refractivity contribution in [3.05, 3.63) is 65.5 Å². The highest BCUT2D eigenvalue weighted by atomic mass is 32.2. The highest BCUT2D eigenvalue weighted by Gasteiger charge is 2.64. The van der Waals surface area contributed by atoms with Crippen molar-refractivity contribution >= 4 is 29.3 Å². The summed E-state index contributed by atoms with van der Waals surface area (Å²) in [7, 11) is 0. The fourth-order valence-corrected chi connectivity index (χ4v) is 7.04. The summed E-state index contributed by atoms with van der Waals surface area (Å²) < 4.78 is 13.2. The average molecular weight is 439 g/mol. The first kappa shape index (κ1) is 20.6. The Bertz CT molecular complexity index is 1030. The number of rotatable bonds is 3. The molecule has 3 aliphatic rings. The Morgan fingerprint density at radius 2 is 1.77 bits per heavy atom. The van der Waals surface area contributed by atoms with Crippen LogP contribution in [0.3, 0.4) is 0 Å². The van der Waals surface area contributed by atoms with E-state index in [4.69, 9.17) is 0 Å². The van der Waals surface area contributed by atoms with E-state index in [1.165, 1.54) is 12.1 Å². The molecule has 1 unspecified atom stereocenters. The van der Waals surface area contributed by atoms with Crippen LogP contribution >= 0.6 is 11.8 Å². The number of carbonyl (C=O) groups is 2. The standard InChI is InChI=1S/C25H27FN2O2S/c1-24(2)16-28(22(29)18-7-3-4-8-18)25(31-24)20-9-5-6-10-21(20)27(23(25)30)15-17-11-13-19(26)14-12-17/h5-6,9-14,18H,3-4,7-8,15-16H2,1-2H3. The minimum absolute atomic E-state index is 0.0116. The number of fused-ring (bicyclic) bond motifs is 2. The Balaban J connectivity index is 1.58. The molecule has 1 saturated carbocycles. The lowest BCUT2D eigenvalue weighted by molar-refractivity contribution is -0.143. The molecule has 2 aliphatic heterocycles. The van der Waals surface area contributed by atoms with Gasteiger partial charge in [0.05, 0.1) is 12.2 Å². The summed E-state index contributed by atoms with van der Waals surface area (Å²) in [6.45, 7) is 5.13. The summed E-state index contributed by atoms with van der Waals surface area (Å²) in [5.41, 5.74) is 2.59. The molecule has 0 N–H and O–H groups in total. The van der Waals surface area contributed by atoms with E-state index in [0.717, 1.165) is 42.5 Å². The molecule has 0 aromatic heterocycles. The number of benzene rings is 2. The molecule has 0 radical (unpaired) electrons. The largest absolute Gasteiger partial charge is 0.314 e. The van der Waals surface area contributed by atoms with E-state index in [1.807, 2.05) is 29.2 Å². The van der Waals surface area contributed by atoms with E-state index >= 15 is 0 Å². The van der Waals surface area contributed by atoms with Crippen LogP contribution in [-0.4, -0.2) is 28.0 Å². The van der Waals surface area contributed by atoms with E-state index < -0.39 is 4.87 Å². The second-order valence-corrected chi connectivity index (χ2v) is 11.3. The quantitative estimate of drug-likeness (QED) is 0.672. The first-order chi connectivity index (χ1) is 14.8. The fourth-order valence-electron chi connectivity index (χ4n) is 5.30. The summed E-state index contributed by atoms with van der Waals surface area (Å²) in [5.74, 6) is -0.241. The Hall–Kier alpha value is -2.34. The summed E-state index contributed by atoms with van der Waals surface area (Å²) in [6.07, 6.45) is 3.97. The molecule has 0 bridgehead atoms. The van der Waals surface area contributed by atoms with Gasteiger partial charge in [-0.15, -0.1) is 11.8 Å². The van der Waals surface area contributed by atoms with Gasteiger partial charge in [0.15, 0.2) is 4.87 Å². The molecule has 1 saturated heterocycles. The van der Waals surface area contributed by atoms with Gasteiger partial charge in [-0.1, -0.05) is 43.2 Å². The van der Waals surface area contributed by atoms with Gasteiger partial charge >= 0.3 is 0 Å². The van der Waals surface area contributed by atoms with Crippen molar-refractivity contribution < 1.29 is 14.0 Å². The van der Waals surface area contributed by atoms with Crippen LogP contribution in [0.2, 0.25) is 0 Å². The zero-order valence-corrected chi connectivity index (χ0v) is 18.8. The number of halogens is 1. The molecule has 5 rings (SSSR count). The first-order valence-corrected chi connectivity index (χ1v) is 11.8. The number of carbonyl (C=O) groups excluding carboxylic acids is 2. The van der Waals surface area contributed by atoms with Gasteiger partial charge in [0.1, 0.15) is 5.82 Å². The van der Waals surface area contributed by atoms with E-state index in [9.17, 15) is 14.0 Å². The minimum atomic E-state index is -1.03. The molecule has 4 nitrogen and oxygen atoms in total. The highest BCUT2D eigenvalue weighted by molar-refractivity contribution is 8.02. The van der Waals surface area contributed by atoms with Crippen LogP contribution in [0, 0.1) is 11.7 Å². The predicted octanol–water partition coefficient (Wildman–Crippen LogP) is 5.07. The van der Waals surface area contributed by atoms with Gasteiger partial charge in [0, 0.05) is 22.8 Å². The third kappa shape index (κ3) is 3.27. The van der Waals surface area contributed by atoms with Crippen LogP contribution in [-0.2, 0) is 21.0 Å². The molecule has 2 aromatic carbocycles. The summed E-state index contributed by atoms with van der Waals surface area (Å²) in [5, 5.41) is 0. The highest BCUT2D eigenvalue weighted by Crippen LogP contribution is 2.60. The maximum atomic E-state index is 14.1. The summed E-state index contributed by atoms with van der Waals surface area (Å²) in [6, 6.07) is 14.1. The van der Waals surface area contributed by atoms with E-state index in [-0.39, 0.29) is 28.3 Å². The molecule has 1 spiro atoms. The van der Waals surface area contributed by atoms with Crippen LogP contribution in [0.25, 0.3) is 0 Å². The lowest BCUT2D eigenvalue weighted by atomic mass is 10.00. The zero-order chi connectivity index (χ0) is 21.8. The third-order valence-electron chi connectivity index (χ3n) is 6.66. The van der Waals surface area contributed by atoms with Crippen molar-refractivity contribution in [3.8, 4) is 0 Å². The van der Waals surface area contributed by atoms with Crippen LogP contribution < -0.4 is 4.90 Å². The number of para-hydroxylation sites is 1. The topological polar surface area (TPSA) is 40.6 Å². The summed E-state index contributed by atoms with van der Waals surface area (Å²) in [4.78, 5) is 30.4. The maximum Gasteiger partial charge on any atom is 0.268 e. The number of hydrogen-bond donors (Lipinski definition) is 0. The SMILES string of the molecule is CC1(C)CN(C(=O)C2CCCC2)C2(S1)C(=O)N(Cc1ccc(F)cc1)c1ccccc12. The Morgan fingerprint density at radius 3 is 2.48 bits per heavy atom. The predicted molar refractivity (Wildman–Crippen MR) is 121 cm³/mol. The number of hydrogen-bond acceptors (Lipinski definition) is 3. The molecular formula is C25H27FN2O2S. The average Bonchev–Trinajstić information content (AvgIpc) is 3.43. The second kappa shape index (κ2) is 7.37. The van der Waals surface area contributed by atoms with Crippen molar-refractivity contribution in [3.63, 3.8) is 0 Å². The van der Waals surface area contributed by atoms with Crippen molar-refractivity contribution in [2.45, 2.75) is 55.7 Å². The van der Waals surface area contributed by atoms with Crippen LogP contribution in [0.5, 0.6) is 0 Å². The Kier molecular flexibility index (Phi) is 4.88. The molecule has 1 atom stereocenters. The van der Waals surface area contributed by atoms with Crippen molar-refractivity contribution in [2.24, 2.45) is 5.92 Å². The van der Waals surface area contributed by atoms with Gasteiger partial charge in [-0.3, -0.25) is 9.59 Å². The van der Waals surface area contributed by atoms with Crippen LogP contribution in [0.4, 0.5) is 10.1 Å². The van der Waals surface area contributed by atoms with Crippen LogP contribution in [0.1, 0.15) is 50.7 Å². The number of anilines is 1. The van der Waals surface area contributed by atoms with Gasteiger partial charge in [-0.2, -0.15) is 0 Å². The molecule has 2 fully saturated rings. The van der Waals surface area contributed by atoms with Crippen molar-refractivity contribution in [2.75, 3.05) is 11.4 Å². The molecular weight excluding hydrogens is 411 g/mol. The van der Waals surface area contributed by atoms with Gasteiger partial charge in [0.2, 0.25) is 5.91 Å². The Labute approximate surface area is 186 Å². The van der Waals surface area contributed by atoms with Crippen molar-refractivity contribution in [1.82, 2.24) is 4.90 Å². The smallest absolute Gasteiger partial charge is 0.268 e. The first-order valence-electron chi connectivity index (χ1n) is 11.0. The molecule has 31 heavy (non-hydrogen) atoms. The molecule has 2 amide bonds. The molecule has 2 aromatic rings. The molecule has 1 aliphatic carbocycles. The second-order valence-electron chi connectivity index (χ2n) is 9.45. The maximum absolute atomic E-state index is 14.1. The van der Waals surface area contributed by atoms with Crippen molar-refractivity contribution in [1.29, 1.82) is 0 Å². The lowest BCUT2D eigenvalue weighted by Crippen LogP contribution is -2.51. The lowest BCUT2D eigenvalue weighted by Gasteiger charge is -2.34. The number of thioether (sulfide) groups is 1. The normalized spacial score (nSPS) is 24.9. The number of nitrogens with zero attached hydrogens (tertiary/aromatic N) is 2. The minimum Gasteiger partial charge on any atom is -0.314 e. The molecule has 6 heteroatoms. The monoisotopic (exact) mass is 438 g/mol. The zero-order valence-electron chi connectivity index (χ0n) is 17.9. The fraction of sp³-hybridized carbons (Fsp3) is 0.440. The summed E-state index contributed by atoms with van der Waals surface area (Å²) >= 11 is 1.59. The van der Waals surface area contributed by atoms with E-state index in [1.54, 1.807) is 28.8 Å². The van der Waals surface area contributed by atoms with E-state index in [0.29, 0.717) is 13.1 Å². The molecule has 162 valence electrons. The molecule has 2 heterocycles. The Morgan fingerprint density at radius 1 is 1.10 bits per heavy atom. The van der Waals surface area contributed by atoms with E-state index in [2.05, 4.69) is 13.8 Å². The van der Waals surface area contributed by atoms with Gasteiger partial charge in [-0.05, 0) is 50.5 Å². The van der Waals surface area contributed by atoms with Gasteiger partial charge in [0.25, 0.3) is 5.91 Å². The van der Waals surface area contributed by atoms with Gasteiger partial charge < -0.3 is 9.80 Å². The van der Waals surface area contributed by atoms with Gasteiger partial charge in [-0.25, -0.2) is 4.39 Å².